The van der Waals surface area contributed by atoms with Crippen LogP contribution < -0.4 is 5.73 Å². The summed E-state index contributed by atoms with van der Waals surface area (Å²) in [4.78, 5) is 31.0. The predicted octanol–water partition coefficient (Wildman–Crippen LogP) is 1.46. The Morgan fingerprint density at radius 1 is 1.10 bits per heavy atom. The van der Waals surface area contributed by atoms with Gasteiger partial charge < -0.3 is 20.4 Å². The Kier molecular flexibility index (Phi) is 8.84. The van der Waals surface area contributed by atoms with Gasteiger partial charge in [0, 0.05) is 57.0 Å². The Bertz CT molecular complexity index is 780. The van der Waals surface area contributed by atoms with Crippen molar-refractivity contribution in [1.29, 1.82) is 0 Å². The number of likely N-dealkylation sites (N-methyl/N-ethyl adjacent to an activating group) is 1. The average molecular weight is 467 g/mol. The number of rotatable bonds is 5. The van der Waals surface area contributed by atoms with Gasteiger partial charge in [0.2, 0.25) is 5.91 Å². The maximum atomic E-state index is 13.8. The number of halogens is 4. The molecular formula is C19H26ClF3N4O2S. The first-order valence-corrected chi connectivity index (χ1v) is 10.6. The van der Waals surface area contributed by atoms with Crippen molar-refractivity contribution < 1.29 is 22.8 Å². The van der Waals surface area contributed by atoms with Gasteiger partial charge in [-0.1, -0.05) is 0 Å². The normalized spacial score (nSPS) is 20.8. The molecule has 2 N–H and O–H groups in total. The Hall–Kier alpha value is -1.49. The lowest BCUT2D eigenvalue weighted by atomic mass is 10.0. The molecule has 0 radical (unpaired) electrons. The highest BCUT2D eigenvalue weighted by molar-refractivity contribution is 8.00. The molecule has 2 fully saturated rings. The van der Waals surface area contributed by atoms with E-state index in [1.165, 1.54) is 16.7 Å². The first-order chi connectivity index (χ1) is 13.8. The lowest BCUT2D eigenvalue weighted by Crippen LogP contribution is -2.53. The van der Waals surface area contributed by atoms with Crippen LogP contribution in [-0.4, -0.2) is 83.5 Å². The Morgan fingerprint density at radius 2 is 1.73 bits per heavy atom. The number of amides is 2. The van der Waals surface area contributed by atoms with Gasteiger partial charge in [-0.25, -0.2) is 13.2 Å². The SMILES string of the molecule is CN1CCN(C(=O)C2SCCN2C(=O)C[C@H](N)Cc2cc(F)c(F)cc2F)CC1.Cl. The molecule has 0 spiro atoms. The minimum Gasteiger partial charge on any atom is -0.338 e. The van der Waals surface area contributed by atoms with E-state index in [2.05, 4.69) is 4.90 Å². The summed E-state index contributed by atoms with van der Waals surface area (Å²) < 4.78 is 40.2. The molecule has 1 unspecified atom stereocenters. The van der Waals surface area contributed by atoms with Gasteiger partial charge >= 0.3 is 0 Å². The number of piperazine rings is 1. The number of hydrogen-bond donors (Lipinski definition) is 1. The van der Waals surface area contributed by atoms with Gasteiger partial charge in [-0.05, 0) is 25.1 Å². The molecular weight excluding hydrogens is 441 g/mol. The van der Waals surface area contributed by atoms with Crippen LogP contribution >= 0.6 is 24.2 Å². The van der Waals surface area contributed by atoms with Gasteiger partial charge in [0.15, 0.2) is 17.0 Å². The Labute approximate surface area is 184 Å². The molecule has 11 heteroatoms. The summed E-state index contributed by atoms with van der Waals surface area (Å²) >= 11 is 1.43. The Morgan fingerprint density at radius 3 is 2.40 bits per heavy atom. The van der Waals surface area contributed by atoms with Crippen molar-refractivity contribution in [3.63, 3.8) is 0 Å². The minimum atomic E-state index is -1.27. The monoisotopic (exact) mass is 466 g/mol. The molecule has 0 saturated carbocycles. The molecule has 30 heavy (non-hydrogen) atoms. The first-order valence-electron chi connectivity index (χ1n) is 9.53. The summed E-state index contributed by atoms with van der Waals surface area (Å²) in [6.07, 6.45) is -0.210. The van der Waals surface area contributed by atoms with Gasteiger partial charge in [-0.15, -0.1) is 24.2 Å². The van der Waals surface area contributed by atoms with Crippen molar-refractivity contribution in [2.45, 2.75) is 24.3 Å². The molecule has 2 saturated heterocycles. The highest BCUT2D eigenvalue weighted by atomic mass is 35.5. The molecule has 2 heterocycles. The number of thioether (sulfide) groups is 1. The molecule has 2 atom stereocenters. The number of carbonyl (C=O) groups excluding carboxylic acids is 2. The van der Waals surface area contributed by atoms with E-state index in [1.807, 2.05) is 7.05 Å². The predicted molar refractivity (Wildman–Crippen MR) is 112 cm³/mol. The van der Waals surface area contributed by atoms with E-state index in [4.69, 9.17) is 5.73 Å². The van der Waals surface area contributed by atoms with E-state index in [0.717, 1.165) is 19.2 Å². The lowest BCUT2D eigenvalue weighted by molar-refractivity contribution is -0.142. The van der Waals surface area contributed by atoms with Crippen LogP contribution in [-0.2, 0) is 16.0 Å². The van der Waals surface area contributed by atoms with Gasteiger partial charge in [-0.2, -0.15) is 0 Å². The van der Waals surface area contributed by atoms with Crippen LogP contribution in [0.25, 0.3) is 0 Å². The maximum absolute atomic E-state index is 13.8. The van der Waals surface area contributed by atoms with Crippen LogP contribution in [0, 0.1) is 17.5 Å². The second-order valence-corrected chi connectivity index (χ2v) is 8.65. The van der Waals surface area contributed by atoms with Crippen LogP contribution in [0.1, 0.15) is 12.0 Å². The zero-order valence-corrected chi connectivity index (χ0v) is 18.3. The van der Waals surface area contributed by atoms with Crippen molar-refractivity contribution >= 4 is 36.0 Å². The number of nitrogens with zero attached hydrogens (tertiary/aromatic N) is 3. The summed E-state index contributed by atoms with van der Waals surface area (Å²) in [7, 11) is 2.00. The van der Waals surface area contributed by atoms with Crippen molar-refractivity contribution in [2.75, 3.05) is 45.5 Å². The standard InChI is InChI=1S/C19H25F3N4O2S.ClH/c1-24-2-4-25(5-3-24)18(28)19-26(6-7-29-19)17(27)10-13(23)8-12-9-15(21)16(22)11-14(12)20;/h9,11,13,19H,2-8,10,23H2,1H3;1H/t13-,19?;/m1./s1. The average Bonchev–Trinajstić information content (AvgIpc) is 3.16. The van der Waals surface area contributed by atoms with Crippen molar-refractivity contribution in [3.05, 3.63) is 35.1 Å². The zero-order chi connectivity index (χ0) is 21.1. The summed E-state index contributed by atoms with van der Waals surface area (Å²) in [5, 5.41) is -0.571. The summed E-state index contributed by atoms with van der Waals surface area (Å²) in [6, 6.07) is 0.466. The van der Waals surface area contributed by atoms with Gasteiger partial charge in [-0.3, -0.25) is 9.59 Å². The fourth-order valence-electron chi connectivity index (χ4n) is 3.53. The largest absolute Gasteiger partial charge is 0.338 e. The van der Waals surface area contributed by atoms with Crippen molar-refractivity contribution in [1.82, 2.24) is 14.7 Å². The first kappa shape index (κ1) is 24.8. The van der Waals surface area contributed by atoms with Crippen LogP contribution in [0.15, 0.2) is 12.1 Å². The van der Waals surface area contributed by atoms with Crippen LogP contribution in [0.4, 0.5) is 13.2 Å². The second-order valence-electron chi connectivity index (χ2n) is 7.46. The van der Waals surface area contributed by atoms with Crippen molar-refractivity contribution in [2.24, 2.45) is 5.73 Å². The smallest absolute Gasteiger partial charge is 0.255 e. The molecule has 0 aliphatic carbocycles. The molecule has 0 aromatic heterocycles. The maximum Gasteiger partial charge on any atom is 0.255 e. The topological polar surface area (TPSA) is 69.9 Å². The summed E-state index contributed by atoms with van der Waals surface area (Å²) in [6.45, 7) is 3.29. The molecule has 168 valence electrons. The van der Waals surface area contributed by atoms with Gasteiger partial charge in [0.25, 0.3) is 5.91 Å². The number of nitrogens with two attached hydrogens (primary N) is 1. The molecule has 2 aliphatic heterocycles. The minimum absolute atomic E-state index is 0. The molecule has 1 aromatic carbocycles. The van der Waals surface area contributed by atoms with E-state index < -0.39 is 28.9 Å². The zero-order valence-electron chi connectivity index (χ0n) is 16.7. The molecule has 2 amide bonds. The Balaban J connectivity index is 0.00000320. The van der Waals surface area contributed by atoms with Gasteiger partial charge in [0.05, 0.1) is 0 Å². The van der Waals surface area contributed by atoms with Crippen LogP contribution in [0.3, 0.4) is 0 Å². The molecule has 2 aliphatic rings. The van der Waals surface area contributed by atoms with E-state index in [9.17, 15) is 22.8 Å². The van der Waals surface area contributed by atoms with E-state index >= 15 is 0 Å². The van der Waals surface area contributed by atoms with Crippen LogP contribution in [0.2, 0.25) is 0 Å². The van der Waals surface area contributed by atoms with Gasteiger partial charge in [0.1, 0.15) is 5.82 Å². The summed E-state index contributed by atoms with van der Waals surface area (Å²) in [5.74, 6) is -3.04. The third-order valence-corrected chi connectivity index (χ3v) is 6.44. The van der Waals surface area contributed by atoms with Crippen molar-refractivity contribution in [3.8, 4) is 0 Å². The quantitative estimate of drug-likeness (QED) is 0.665. The fraction of sp³-hybridized carbons (Fsp3) is 0.579. The summed E-state index contributed by atoms with van der Waals surface area (Å²) in [5.41, 5.74) is 5.89. The third-order valence-electron chi connectivity index (χ3n) is 5.25. The number of carbonyl (C=O) groups is 2. The highest BCUT2D eigenvalue weighted by Gasteiger charge is 2.38. The second kappa shape index (κ2) is 10.7. The molecule has 3 rings (SSSR count). The fourth-order valence-corrected chi connectivity index (χ4v) is 4.75. The molecule has 6 nitrogen and oxygen atoms in total. The van der Waals surface area contributed by atoms with E-state index in [0.29, 0.717) is 31.5 Å². The highest BCUT2D eigenvalue weighted by Crippen LogP contribution is 2.27. The third kappa shape index (κ3) is 5.81. The van der Waals surface area contributed by atoms with Crippen LogP contribution in [0.5, 0.6) is 0 Å². The number of hydrogen-bond acceptors (Lipinski definition) is 5. The molecule has 1 aromatic rings. The molecule has 0 bridgehead atoms. The lowest BCUT2D eigenvalue weighted by Gasteiger charge is -2.35. The van der Waals surface area contributed by atoms with E-state index in [1.54, 1.807) is 4.90 Å². The number of benzene rings is 1. The van der Waals surface area contributed by atoms with E-state index in [-0.39, 0.29) is 42.6 Å².